The smallest absolute Gasteiger partial charge is 0.0827 e. The van der Waals surface area contributed by atoms with Gasteiger partial charge in [-0.1, -0.05) is 109 Å². The van der Waals surface area contributed by atoms with E-state index in [0.29, 0.717) is 6.33 Å². The van der Waals surface area contributed by atoms with Crippen molar-refractivity contribution in [2.45, 2.75) is 116 Å². The van der Waals surface area contributed by atoms with Crippen molar-refractivity contribution in [2.24, 2.45) is 0 Å². The van der Waals surface area contributed by atoms with Crippen molar-refractivity contribution in [3.63, 3.8) is 0 Å². The molecule has 21 heavy (non-hydrogen) atoms. The zero-order chi connectivity index (χ0) is 15.4. The normalized spacial score (nSPS) is 11.5. The number of halogens is 1. The highest BCUT2D eigenvalue weighted by atomic mass is 19.1. The second-order valence-corrected chi connectivity index (χ2v) is 6.45. The highest BCUT2D eigenvalue weighted by molar-refractivity contribution is 4.71. The van der Waals surface area contributed by atoms with E-state index in [2.05, 4.69) is 6.92 Å². The minimum atomic E-state index is 0.672. The van der Waals surface area contributed by atoms with Crippen LogP contribution >= 0.6 is 0 Å². The van der Waals surface area contributed by atoms with Crippen molar-refractivity contribution in [1.82, 2.24) is 0 Å². The van der Waals surface area contributed by atoms with E-state index in [0.717, 1.165) is 12.8 Å². The first-order valence-corrected chi connectivity index (χ1v) is 9.67. The maximum atomic E-state index is 11.7. The molecule has 0 fully saturated rings. The first-order valence-electron chi connectivity index (χ1n) is 9.67. The molecule has 0 saturated heterocycles. The summed E-state index contributed by atoms with van der Waals surface area (Å²) < 4.78 is 11.7. The van der Waals surface area contributed by atoms with Crippen LogP contribution in [0.3, 0.4) is 0 Å². The lowest BCUT2D eigenvalue weighted by atomic mass is 10.0. The van der Waals surface area contributed by atoms with E-state index in [1.54, 1.807) is 6.08 Å². The highest BCUT2D eigenvalue weighted by Crippen LogP contribution is 2.14. The van der Waals surface area contributed by atoms with Gasteiger partial charge in [0.15, 0.2) is 0 Å². The van der Waals surface area contributed by atoms with Crippen molar-refractivity contribution < 1.29 is 4.39 Å². The van der Waals surface area contributed by atoms with Crippen LogP contribution in [-0.2, 0) is 0 Å². The first-order chi connectivity index (χ1) is 10.4. The summed E-state index contributed by atoms with van der Waals surface area (Å²) in [6.45, 7) is 2.28. The van der Waals surface area contributed by atoms with E-state index in [1.807, 2.05) is 0 Å². The lowest BCUT2D eigenvalue weighted by Crippen LogP contribution is -1.83. The first kappa shape index (κ1) is 20.7. The monoisotopic (exact) mass is 298 g/mol. The molecule has 0 atom stereocenters. The molecule has 0 aromatic heterocycles. The maximum absolute atomic E-state index is 11.7. The van der Waals surface area contributed by atoms with Gasteiger partial charge in [-0.2, -0.15) is 0 Å². The molecule has 0 aliphatic rings. The number of hydrogen-bond acceptors (Lipinski definition) is 0. The zero-order valence-corrected chi connectivity index (χ0v) is 14.6. The van der Waals surface area contributed by atoms with Gasteiger partial charge >= 0.3 is 0 Å². The van der Waals surface area contributed by atoms with Crippen molar-refractivity contribution in [3.8, 4) is 0 Å². The molecule has 0 aliphatic carbocycles. The molecule has 0 spiro atoms. The summed E-state index contributed by atoms with van der Waals surface area (Å²) in [6.07, 6.45) is 25.5. The molecule has 0 radical (unpaired) electrons. The quantitative estimate of drug-likeness (QED) is 0.238. The highest BCUT2D eigenvalue weighted by Gasteiger charge is 1.94. The van der Waals surface area contributed by atoms with Crippen LogP contribution in [0.5, 0.6) is 0 Å². The Bertz CT molecular complexity index is 198. The third-order valence-corrected chi connectivity index (χ3v) is 4.31. The molecule has 1 heteroatoms. The Morgan fingerprint density at radius 3 is 1.19 bits per heavy atom. The Labute approximate surface area is 133 Å². The number of allylic oxidation sites excluding steroid dienone is 1. The van der Waals surface area contributed by atoms with Gasteiger partial charge in [0.2, 0.25) is 0 Å². The average Bonchev–Trinajstić information content (AvgIpc) is 2.50. The number of rotatable bonds is 17. The van der Waals surface area contributed by atoms with Crippen LogP contribution in [0.1, 0.15) is 116 Å². The molecule has 0 saturated carbocycles. The summed E-state index contributed by atoms with van der Waals surface area (Å²) in [7, 11) is 0. The minimum absolute atomic E-state index is 0.672. The fourth-order valence-corrected chi connectivity index (χ4v) is 2.87. The number of unbranched alkanes of at least 4 members (excludes halogenated alkanes) is 16. The van der Waals surface area contributed by atoms with E-state index < -0.39 is 0 Å². The van der Waals surface area contributed by atoms with Crippen LogP contribution in [0.4, 0.5) is 4.39 Å². The van der Waals surface area contributed by atoms with Gasteiger partial charge in [0.25, 0.3) is 0 Å². The van der Waals surface area contributed by atoms with E-state index in [-0.39, 0.29) is 0 Å². The lowest BCUT2D eigenvalue weighted by Gasteiger charge is -2.03. The van der Waals surface area contributed by atoms with Crippen LogP contribution < -0.4 is 0 Å². The predicted octanol–water partition coefficient (Wildman–Crippen LogP) is 8.12. The van der Waals surface area contributed by atoms with Crippen molar-refractivity contribution in [2.75, 3.05) is 0 Å². The average molecular weight is 299 g/mol. The van der Waals surface area contributed by atoms with E-state index >= 15 is 0 Å². The summed E-state index contributed by atoms with van der Waals surface area (Å²) in [4.78, 5) is 0. The predicted molar refractivity (Wildman–Crippen MR) is 94.4 cm³/mol. The molecule has 0 heterocycles. The topological polar surface area (TPSA) is 0 Å². The molecule has 0 rings (SSSR count). The van der Waals surface area contributed by atoms with Crippen LogP contribution in [0.2, 0.25) is 0 Å². The van der Waals surface area contributed by atoms with E-state index in [4.69, 9.17) is 0 Å². The molecular weight excluding hydrogens is 259 g/mol. The second-order valence-electron chi connectivity index (χ2n) is 6.45. The molecule has 0 aromatic carbocycles. The van der Waals surface area contributed by atoms with Gasteiger partial charge in [0, 0.05) is 0 Å². The fraction of sp³-hybridized carbons (Fsp3) is 0.900. The largest absolute Gasteiger partial charge is 0.216 e. The summed E-state index contributed by atoms with van der Waals surface area (Å²) in [5, 5.41) is 0. The van der Waals surface area contributed by atoms with Crippen LogP contribution in [-0.4, -0.2) is 0 Å². The van der Waals surface area contributed by atoms with Gasteiger partial charge in [-0.05, 0) is 12.8 Å². The summed E-state index contributed by atoms with van der Waals surface area (Å²) in [5.41, 5.74) is 0. The van der Waals surface area contributed by atoms with Gasteiger partial charge in [0.05, 0.1) is 6.33 Å². The van der Waals surface area contributed by atoms with Crippen molar-refractivity contribution in [1.29, 1.82) is 0 Å². The van der Waals surface area contributed by atoms with Crippen molar-refractivity contribution in [3.05, 3.63) is 12.4 Å². The molecule has 0 bridgehead atoms. The fourth-order valence-electron chi connectivity index (χ4n) is 2.87. The van der Waals surface area contributed by atoms with Gasteiger partial charge < -0.3 is 0 Å². The molecule has 0 unspecified atom stereocenters. The summed E-state index contributed by atoms with van der Waals surface area (Å²) in [6, 6.07) is 0. The molecule has 126 valence electrons. The third-order valence-electron chi connectivity index (χ3n) is 4.31. The zero-order valence-electron chi connectivity index (χ0n) is 14.6. The van der Waals surface area contributed by atoms with Crippen LogP contribution in [0.25, 0.3) is 0 Å². The van der Waals surface area contributed by atoms with Gasteiger partial charge in [-0.15, -0.1) is 0 Å². The molecule has 0 amide bonds. The van der Waals surface area contributed by atoms with E-state index in [1.165, 1.54) is 96.3 Å². The summed E-state index contributed by atoms with van der Waals surface area (Å²) in [5.74, 6) is 0. The Morgan fingerprint density at radius 1 is 0.524 bits per heavy atom. The Hall–Kier alpha value is -0.330. The van der Waals surface area contributed by atoms with E-state index in [9.17, 15) is 4.39 Å². The summed E-state index contributed by atoms with van der Waals surface area (Å²) >= 11 is 0. The van der Waals surface area contributed by atoms with Gasteiger partial charge in [-0.3, -0.25) is 0 Å². The minimum Gasteiger partial charge on any atom is -0.216 e. The standard InChI is InChI=1S/C20H39F/c1-2-3-4-5-6-7-8-9-10-11-12-13-14-15-16-17-18-19-20-21/h19-20H,2-18H2,1H3/b20-19-. The molecule has 0 nitrogen and oxygen atoms in total. The Kier molecular flexibility index (Phi) is 19.4. The maximum Gasteiger partial charge on any atom is 0.0827 e. The van der Waals surface area contributed by atoms with Crippen LogP contribution in [0, 0.1) is 0 Å². The van der Waals surface area contributed by atoms with Crippen LogP contribution in [0.15, 0.2) is 12.4 Å². The molecule has 0 N–H and O–H groups in total. The third kappa shape index (κ3) is 19.7. The molecule has 0 aliphatic heterocycles. The second kappa shape index (κ2) is 19.7. The van der Waals surface area contributed by atoms with Gasteiger partial charge in [-0.25, -0.2) is 4.39 Å². The molecular formula is C20H39F. The Morgan fingerprint density at radius 2 is 0.857 bits per heavy atom. The SMILES string of the molecule is CCCCCCCCCCCCCCCCCC/C=C\F. The number of hydrogen-bond donors (Lipinski definition) is 0. The van der Waals surface area contributed by atoms with Gasteiger partial charge in [0.1, 0.15) is 0 Å². The van der Waals surface area contributed by atoms with Crippen molar-refractivity contribution >= 4 is 0 Å². The molecule has 0 aromatic rings. The Balaban J connectivity index is 2.93. The lowest BCUT2D eigenvalue weighted by molar-refractivity contribution is 0.530.